The highest BCUT2D eigenvalue weighted by Crippen LogP contribution is 2.30. The Morgan fingerprint density at radius 3 is 2.90 bits per heavy atom. The molecular formula is C13H18ClN3O2S. The van der Waals surface area contributed by atoms with Gasteiger partial charge in [-0.25, -0.2) is 9.97 Å². The number of rotatable bonds is 8. The molecule has 0 aliphatic rings. The van der Waals surface area contributed by atoms with E-state index in [1.54, 1.807) is 18.4 Å². The first-order valence-electron chi connectivity index (χ1n) is 6.51. The van der Waals surface area contributed by atoms with Crippen molar-refractivity contribution in [2.45, 2.75) is 13.3 Å². The molecule has 2 aromatic heterocycles. The molecular weight excluding hydrogens is 298 g/mol. The molecule has 0 atom stereocenters. The van der Waals surface area contributed by atoms with Crippen molar-refractivity contribution in [3.63, 3.8) is 0 Å². The fourth-order valence-electron chi connectivity index (χ4n) is 1.74. The summed E-state index contributed by atoms with van der Waals surface area (Å²) in [5, 5.41) is 4.54. The van der Waals surface area contributed by atoms with Gasteiger partial charge >= 0.3 is 0 Å². The van der Waals surface area contributed by atoms with E-state index in [0.29, 0.717) is 26.4 Å². The van der Waals surface area contributed by atoms with Crippen molar-refractivity contribution in [1.29, 1.82) is 0 Å². The number of anilines is 1. The molecule has 0 saturated carbocycles. The van der Waals surface area contributed by atoms with Gasteiger partial charge in [-0.05, 0) is 24.1 Å². The number of aromatic nitrogens is 2. The molecule has 0 aromatic carbocycles. The van der Waals surface area contributed by atoms with Gasteiger partial charge in [0.15, 0.2) is 0 Å². The molecule has 2 rings (SSSR count). The molecule has 0 spiro atoms. The molecule has 2 heterocycles. The van der Waals surface area contributed by atoms with E-state index < -0.39 is 0 Å². The van der Waals surface area contributed by atoms with Crippen molar-refractivity contribution in [2.24, 2.45) is 0 Å². The van der Waals surface area contributed by atoms with E-state index in [4.69, 9.17) is 21.1 Å². The van der Waals surface area contributed by atoms with E-state index in [1.807, 2.05) is 0 Å². The minimum atomic E-state index is 0.268. The Hall–Kier alpha value is -0.950. The maximum absolute atomic E-state index is 5.95. The van der Waals surface area contributed by atoms with E-state index >= 15 is 0 Å². The van der Waals surface area contributed by atoms with E-state index in [2.05, 4.69) is 28.3 Å². The van der Waals surface area contributed by atoms with Gasteiger partial charge in [0.1, 0.15) is 10.6 Å². The summed E-state index contributed by atoms with van der Waals surface area (Å²) in [6.45, 7) is 4.59. The molecule has 110 valence electrons. The van der Waals surface area contributed by atoms with Gasteiger partial charge in [0, 0.05) is 18.5 Å². The van der Waals surface area contributed by atoms with Crippen LogP contribution < -0.4 is 5.32 Å². The van der Waals surface area contributed by atoms with Crippen molar-refractivity contribution >= 4 is 39.0 Å². The summed E-state index contributed by atoms with van der Waals surface area (Å²) in [5.41, 5.74) is 0. The lowest BCUT2D eigenvalue weighted by Crippen LogP contribution is -2.13. The van der Waals surface area contributed by atoms with Crippen molar-refractivity contribution in [1.82, 2.24) is 9.97 Å². The number of halogens is 1. The zero-order valence-electron chi connectivity index (χ0n) is 11.6. The maximum Gasteiger partial charge on any atom is 0.225 e. The van der Waals surface area contributed by atoms with Gasteiger partial charge in [-0.2, -0.15) is 0 Å². The summed E-state index contributed by atoms with van der Waals surface area (Å²) in [5.74, 6) is 0.770. The summed E-state index contributed by atoms with van der Waals surface area (Å²) in [6.07, 6.45) is 0.984. The fraction of sp³-hybridized carbons (Fsp3) is 0.538. The van der Waals surface area contributed by atoms with Gasteiger partial charge in [-0.1, -0.05) is 6.92 Å². The number of fused-ring (bicyclic) bond motifs is 1. The Morgan fingerprint density at radius 2 is 2.15 bits per heavy atom. The summed E-state index contributed by atoms with van der Waals surface area (Å²) in [7, 11) is 1.66. The molecule has 1 N–H and O–H groups in total. The Kier molecular flexibility index (Phi) is 5.97. The third-order valence-corrected chi connectivity index (χ3v) is 4.08. The number of ether oxygens (including phenoxy) is 2. The van der Waals surface area contributed by atoms with Crippen LogP contribution in [0.15, 0.2) is 6.07 Å². The normalized spacial score (nSPS) is 11.2. The molecule has 0 fully saturated rings. The average molecular weight is 316 g/mol. The number of aryl methyl sites for hydroxylation is 1. The minimum Gasteiger partial charge on any atom is -0.382 e. The largest absolute Gasteiger partial charge is 0.382 e. The number of methoxy groups -OCH3 is 1. The van der Waals surface area contributed by atoms with Crippen molar-refractivity contribution in [3.05, 3.63) is 16.2 Å². The first-order valence-corrected chi connectivity index (χ1v) is 7.70. The van der Waals surface area contributed by atoms with Gasteiger partial charge in [-0.3, -0.25) is 0 Å². The predicted octanol–water partition coefficient (Wildman–Crippen LogP) is 2.98. The first kappa shape index (κ1) is 15.4. The Morgan fingerprint density at radius 1 is 1.30 bits per heavy atom. The Labute approximate surface area is 127 Å². The van der Waals surface area contributed by atoms with Gasteiger partial charge in [0.2, 0.25) is 5.28 Å². The topological polar surface area (TPSA) is 56.3 Å². The van der Waals surface area contributed by atoms with Crippen LogP contribution >= 0.6 is 22.9 Å². The number of thiophene rings is 1. The molecule has 0 amide bonds. The predicted molar refractivity (Wildman–Crippen MR) is 83.0 cm³/mol. The van der Waals surface area contributed by atoms with Crippen LogP contribution in [-0.4, -0.2) is 43.4 Å². The number of hydrogen-bond acceptors (Lipinski definition) is 6. The second-order valence-electron chi connectivity index (χ2n) is 4.16. The third-order valence-electron chi connectivity index (χ3n) is 2.74. The number of nitrogens with one attached hydrogen (secondary N) is 1. The average Bonchev–Trinajstić information content (AvgIpc) is 2.85. The summed E-state index contributed by atoms with van der Waals surface area (Å²) in [6, 6.07) is 2.12. The molecule has 0 aliphatic carbocycles. The molecule has 0 unspecified atom stereocenters. The lowest BCUT2D eigenvalue weighted by molar-refractivity contribution is 0.0759. The van der Waals surface area contributed by atoms with Crippen LogP contribution in [0.25, 0.3) is 10.2 Å². The Bertz CT molecular complexity index is 562. The first-order chi connectivity index (χ1) is 9.74. The highest BCUT2D eigenvalue weighted by atomic mass is 35.5. The maximum atomic E-state index is 5.95. The number of hydrogen-bond donors (Lipinski definition) is 1. The third kappa shape index (κ3) is 4.02. The smallest absolute Gasteiger partial charge is 0.225 e. The van der Waals surface area contributed by atoms with Crippen molar-refractivity contribution in [3.8, 4) is 0 Å². The van der Waals surface area contributed by atoms with Crippen molar-refractivity contribution in [2.75, 3.05) is 38.8 Å². The molecule has 5 nitrogen and oxygen atoms in total. The second-order valence-corrected chi connectivity index (χ2v) is 5.61. The van der Waals surface area contributed by atoms with E-state index in [1.165, 1.54) is 4.88 Å². The van der Waals surface area contributed by atoms with E-state index in [9.17, 15) is 0 Å². The minimum absolute atomic E-state index is 0.268. The lowest BCUT2D eigenvalue weighted by atomic mass is 10.3. The van der Waals surface area contributed by atoms with Gasteiger partial charge in [-0.15, -0.1) is 11.3 Å². The molecule has 0 saturated heterocycles. The zero-order valence-corrected chi connectivity index (χ0v) is 13.2. The highest BCUT2D eigenvalue weighted by Gasteiger charge is 2.10. The fourth-order valence-corrected chi connectivity index (χ4v) is 2.93. The quantitative estimate of drug-likeness (QED) is 0.599. The molecule has 0 radical (unpaired) electrons. The van der Waals surface area contributed by atoms with Crippen molar-refractivity contribution < 1.29 is 9.47 Å². The van der Waals surface area contributed by atoms with Gasteiger partial charge < -0.3 is 14.8 Å². The zero-order chi connectivity index (χ0) is 14.4. The summed E-state index contributed by atoms with van der Waals surface area (Å²) < 4.78 is 10.3. The van der Waals surface area contributed by atoms with Gasteiger partial charge in [0.05, 0.1) is 25.2 Å². The standard InChI is InChI=1S/C13H18ClN3O2S/c1-3-9-8-10-11(15-4-5-19-7-6-18-2)16-13(14)17-12(10)20-9/h8H,3-7H2,1-2H3,(H,15,16,17). The SMILES string of the molecule is CCc1cc2c(NCCOCCOC)nc(Cl)nc2s1. The van der Waals surface area contributed by atoms with Crippen LogP contribution in [0.1, 0.15) is 11.8 Å². The molecule has 0 aliphatic heterocycles. The summed E-state index contributed by atoms with van der Waals surface area (Å²) >= 11 is 7.61. The van der Waals surface area contributed by atoms with E-state index in [-0.39, 0.29) is 5.28 Å². The van der Waals surface area contributed by atoms with Crippen LogP contribution in [0.3, 0.4) is 0 Å². The second kappa shape index (κ2) is 7.73. The molecule has 20 heavy (non-hydrogen) atoms. The molecule has 0 bridgehead atoms. The van der Waals surface area contributed by atoms with Crippen LogP contribution in [0.2, 0.25) is 5.28 Å². The number of nitrogens with zero attached hydrogens (tertiary/aromatic N) is 2. The lowest BCUT2D eigenvalue weighted by Gasteiger charge is -2.07. The van der Waals surface area contributed by atoms with Crippen LogP contribution in [0.5, 0.6) is 0 Å². The van der Waals surface area contributed by atoms with Crippen LogP contribution in [-0.2, 0) is 15.9 Å². The summed E-state index contributed by atoms with van der Waals surface area (Å²) in [4.78, 5) is 10.7. The molecule has 7 heteroatoms. The molecule has 2 aromatic rings. The van der Waals surface area contributed by atoms with Crippen LogP contribution in [0.4, 0.5) is 5.82 Å². The van der Waals surface area contributed by atoms with Crippen LogP contribution in [0, 0.1) is 0 Å². The monoisotopic (exact) mass is 315 g/mol. The van der Waals surface area contributed by atoms with Gasteiger partial charge in [0.25, 0.3) is 0 Å². The van der Waals surface area contributed by atoms with E-state index in [0.717, 1.165) is 22.5 Å². The highest BCUT2D eigenvalue weighted by molar-refractivity contribution is 7.18. The Balaban J connectivity index is 1.99.